The summed E-state index contributed by atoms with van der Waals surface area (Å²) in [6.07, 6.45) is 12.2. The minimum Gasteiger partial charge on any atom is -0.478 e. The van der Waals surface area contributed by atoms with Crippen molar-refractivity contribution in [1.82, 2.24) is 24.8 Å². The van der Waals surface area contributed by atoms with E-state index in [4.69, 9.17) is 0 Å². The Bertz CT molecular complexity index is 1450. The van der Waals surface area contributed by atoms with Gasteiger partial charge in [-0.1, -0.05) is 80.6 Å². The van der Waals surface area contributed by atoms with Gasteiger partial charge < -0.3 is 5.11 Å². The largest absolute Gasteiger partial charge is 0.478 e. The fourth-order valence-electron chi connectivity index (χ4n) is 6.38. The molecule has 38 heavy (non-hydrogen) atoms. The first-order chi connectivity index (χ1) is 18.5. The lowest BCUT2D eigenvalue weighted by Gasteiger charge is -2.27. The Morgan fingerprint density at radius 2 is 1.82 bits per heavy atom. The summed E-state index contributed by atoms with van der Waals surface area (Å²) >= 11 is 0. The van der Waals surface area contributed by atoms with E-state index in [1.165, 1.54) is 49.4 Å². The number of rotatable bonds is 8. The van der Waals surface area contributed by atoms with E-state index in [1.54, 1.807) is 4.68 Å². The number of nitrogens with zero attached hydrogens (tertiary/aromatic N) is 5. The maximum absolute atomic E-state index is 12.1. The molecule has 2 aromatic heterocycles. The number of carbonyl (C=O) groups is 1. The molecule has 7 heteroatoms. The Balaban J connectivity index is 1.28. The van der Waals surface area contributed by atoms with Crippen LogP contribution in [0.3, 0.4) is 0 Å². The number of hydrogen-bond acceptors (Lipinski definition) is 4. The van der Waals surface area contributed by atoms with Crippen molar-refractivity contribution in [3.63, 3.8) is 0 Å². The highest BCUT2D eigenvalue weighted by molar-refractivity contribution is 5.89. The first-order valence-corrected chi connectivity index (χ1v) is 13.8. The van der Waals surface area contributed by atoms with E-state index in [0.29, 0.717) is 5.92 Å². The SMILES string of the molecule is C[C@H](Cc1cccc(-c2cccc(-n3ncc(C(=O)O)c3[C@@H]3C[C@H]3c3cn(C)nn3)c2)c1)C1CCCCC1. The van der Waals surface area contributed by atoms with Crippen LogP contribution in [-0.2, 0) is 13.5 Å². The molecule has 0 unspecified atom stereocenters. The Hall–Kier alpha value is -3.74. The lowest BCUT2D eigenvalue weighted by Crippen LogP contribution is -2.17. The molecule has 2 fully saturated rings. The first-order valence-electron chi connectivity index (χ1n) is 13.8. The van der Waals surface area contributed by atoms with E-state index in [2.05, 4.69) is 58.7 Å². The second-order valence-corrected chi connectivity index (χ2v) is 11.3. The van der Waals surface area contributed by atoms with Crippen molar-refractivity contribution < 1.29 is 9.90 Å². The summed E-state index contributed by atoms with van der Waals surface area (Å²) in [7, 11) is 1.85. The summed E-state index contributed by atoms with van der Waals surface area (Å²) in [6, 6.07) is 17.1. The lowest BCUT2D eigenvalue weighted by molar-refractivity contribution is 0.0695. The molecule has 2 aromatic carbocycles. The van der Waals surface area contributed by atoms with Crippen LogP contribution >= 0.6 is 0 Å². The molecule has 2 saturated carbocycles. The normalized spacial score (nSPS) is 20.4. The number of aromatic carboxylic acids is 1. The van der Waals surface area contributed by atoms with Gasteiger partial charge in [-0.3, -0.25) is 4.68 Å². The molecule has 6 rings (SSSR count). The minimum atomic E-state index is -0.952. The second kappa shape index (κ2) is 10.2. The summed E-state index contributed by atoms with van der Waals surface area (Å²) in [4.78, 5) is 12.1. The number of aryl methyl sites for hydroxylation is 1. The molecule has 7 nitrogen and oxygen atoms in total. The zero-order valence-electron chi connectivity index (χ0n) is 22.1. The van der Waals surface area contributed by atoms with Gasteiger partial charge in [-0.2, -0.15) is 5.10 Å². The third kappa shape index (κ3) is 4.89. The first kappa shape index (κ1) is 24.6. The van der Waals surface area contributed by atoms with Crippen molar-refractivity contribution in [2.45, 2.75) is 63.7 Å². The van der Waals surface area contributed by atoms with Gasteiger partial charge in [0.15, 0.2) is 0 Å². The molecule has 4 aromatic rings. The van der Waals surface area contributed by atoms with Gasteiger partial charge in [0.05, 0.1) is 23.3 Å². The highest BCUT2D eigenvalue weighted by Crippen LogP contribution is 2.55. The fourth-order valence-corrected chi connectivity index (χ4v) is 6.38. The van der Waals surface area contributed by atoms with Gasteiger partial charge in [0.2, 0.25) is 0 Å². The molecule has 0 bridgehead atoms. The zero-order chi connectivity index (χ0) is 26.2. The maximum atomic E-state index is 12.1. The monoisotopic (exact) mass is 509 g/mol. The van der Waals surface area contributed by atoms with Crippen LogP contribution in [0.25, 0.3) is 16.8 Å². The van der Waals surface area contributed by atoms with Gasteiger partial charge >= 0.3 is 5.97 Å². The van der Waals surface area contributed by atoms with Gasteiger partial charge in [0.1, 0.15) is 5.56 Å². The smallest absolute Gasteiger partial charge is 0.339 e. The summed E-state index contributed by atoms with van der Waals surface area (Å²) in [6.45, 7) is 2.41. The third-order valence-electron chi connectivity index (χ3n) is 8.54. The maximum Gasteiger partial charge on any atom is 0.339 e. The van der Waals surface area contributed by atoms with Gasteiger partial charge in [0, 0.05) is 25.1 Å². The van der Waals surface area contributed by atoms with Crippen LogP contribution in [0.15, 0.2) is 60.9 Å². The topological polar surface area (TPSA) is 85.8 Å². The highest BCUT2D eigenvalue weighted by Gasteiger charge is 2.46. The van der Waals surface area contributed by atoms with Crippen molar-refractivity contribution in [2.24, 2.45) is 18.9 Å². The molecule has 3 atom stereocenters. The number of carboxylic acid groups (broad SMARTS) is 1. The van der Waals surface area contributed by atoms with Gasteiger partial charge in [-0.15, -0.1) is 5.10 Å². The number of carboxylic acids is 1. The van der Waals surface area contributed by atoms with Gasteiger partial charge in [-0.25, -0.2) is 9.48 Å². The number of benzene rings is 2. The Kier molecular flexibility index (Phi) is 6.60. The quantitative estimate of drug-likeness (QED) is 0.297. The van der Waals surface area contributed by atoms with Crippen LogP contribution in [0.2, 0.25) is 0 Å². The van der Waals surface area contributed by atoms with Gasteiger partial charge in [0.25, 0.3) is 0 Å². The van der Waals surface area contributed by atoms with Crippen molar-refractivity contribution in [1.29, 1.82) is 0 Å². The second-order valence-electron chi connectivity index (χ2n) is 11.3. The average Bonchev–Trinajstić information content (AvgIpc) is 3.38. The summed E-state index contributed by atoms with van der Waals surface area (Å²) in [5.74, 6) is 0.785. The fraction of sp³-hybridized carbons (Fsp3) is 0.419. The Morgan fingerprint density at radius 1 is 1.05 bits per heavy atom. The van der Waals surface area contributed by atoms with Crippen LogP contribution in [0.5, 0.6) is 0 Å². The predicted octanol–water partition coefficient (Wildman–Crippen LogP) is 6.40. The van der Waals surface area contributed by atoms with Crippen molar-refractivity contribution in [2.75, 3.05) is 0 Å². The molecule has 0 spiro atoms. The van der Waals surface area contributed by atoms with Crippen LogP contribution in [0, 0.1) is 11.8 Å². The molecule has 0 saturated heterocycles. The van der Waals surface area contributed by atoms with Crippen LogP contribution in [0.4, 0.5) is 0 Å². The molecule has 0 amide bonds. The molecule has 2 heterocycles. The zero-order valence-corrected chi connectivity index (χ0v) is 22.1. The standard InChI is InChI=1S/C31H35N5O2/c1-20(22-9-4-3-5-10-22)14-21-8-6-11-23(15-21)24-12-7-13-25(16-24)36-30(28(18-32-36)31(37)38)27-17-26(27)29-19-35(2)34-33-29/h6-8,11-13,15-16,18-20,22,26-27H,3-5,9-10,14,17H2,1-2H3,(H,37,38)/t20-,26-,27-/m1/s1. The minimum absolute atomic E-state index is 0.0496. The van der Waals surface area contributed by atoms with E-state index in [9.17, 15) is 9.90 Å². The molecule has 0 aliphatic heterocycles. The molecular formula is C31H35N5O2. The molecular weight excluding hydrogens is 474 g/mol. The van der Waals surface area contributed by atoms with Gasteiger partial charge in [-0.05, 0) is 53.5 Å². The molecule has 196 valence electrons. The van der Waals surface area contributed by atoms with E-state index in [0.717, 1.165) is 41.4 Å². The lowest BCUT2D eigenvalue weighted by atomic mass is 9.78. The van der Waals surface area contributed by atoms with Crippen molar-refractivity contribution in [3.8, 4) is 16.8 Å². The third-order valence-corrected chi connectivity index (χ3v) is 8.54. The number of hydrogen-bond donors (Lipinski definition) is 1. The molecule has 1 N–H and O–H groups in total. The Morgan fingerprint density at radius 3 is 2.55 bits per heavy atom. The van der Waals surface area contributed by atoms with E-state index >= 15 is 0 Å². The van der Waals surface area contributed by atoms with Crippen molar-refractivity contribution in [3.05, 3.63) is 83.4 Å². The van der Waals surface area contributed by atoms with E-state index in [1.807, 2.05) is 30.1 Å². The molecule has 2 aliphatic rings. The summed E-state index contributed by atoms with van der Waals surface area (Å²) in [5.41, 5.74) is 6.42. The Labute approximate surface area is 223 Å². The average molecular weight is 510 g/mol. The van der Waals surface area contributed by atoms with Crippen LogP contribution in [-0.4, -0.2) is 35.9 Å². The predicted molar refractivity (Wildman–Crippen MR) is 147 cm³/mol. The molecule has 0 radical (unpaired) electrons. The van der Waals surface area contributed by atoms with Crippen molar-refractivity contribution >= 4 is 5.97 Å². The van der Waals surface area contributed by atoms with E-state index in [-0.39, 0.29) is 17.4 Å². The summed E-state index contributed by atoms with van der Waals surface area (Å²) in [5, 5.41) is 22.8. The summed E-state index contributed by atoms with van der Waals surface area (Å²) < 4.78 is 3.50. The molecule has 2 aliphatic carbocycles. The van der Waals surface area contributed by atoms with Crippen LogP contribution in [0.1, 0.15) is 84.6 Å². The van der Waals surface area contributed by atoms with E-state index < -0.39 is 5.97 Å². The highest BCUT2D eigenvalue weighted by atomic mass is 16.4. The number of aromatic nitrogens is 5. The van der Waals surface area contributed by atoms with Crippen LogP contribution < -0.4 is 0 Å².